The normalized spacial score (nSPS) is 22.4. The fraction of sp³-hybridized carbons (Fsp3) is 0.538. The van der Waals surface area contributed by atoms with Gasteiger partial charge in [-0.3, -0.25) is 10.1 Å². The average Bonchev–Trinajstić information content (AvgIpc) is 2.46. The van der Waals surface area contributed by atoms with Gasteiger partial charge in [-0.05, 0) is 38.3 Å². The highest BCUT2D eigenvalue weighted by atomic mass is 16.6. The van der Waals surface area contributed by atoms with E-state index in [4.69, 9.17) is 11.0 Å². The van der Waals surface area contributed by atoms with Crippen molar-refractivity contribution in [2.75, 3.05) is 18.0 Å². The van der Waals surface area contributed by atoms with Gasteiger partial charge in [-0.2, -0.15) is 5.26 Å². The Morgan fingerprint density at radius 1 is 1.65 bits per heavy atom. The second-order valence-corrected chi connectivity index (χ2v) is 5.08. The molecule has 2 heterocycles. The maximum absolute atomic E-state index is 11.3. The van der Waals surface area contributed by atoms with Crippen molar-refractivity contribution in [1.82, 2.24) is 4.98 Å². The summed E-state index contributed by atoms with van der Waals surface area (Å²) >= 11 is 0. The number of aromatic nitrogens is 1. The zero-order chi connectivity index (χ0) is 14.7. The molecule has 1 saturated heterocycles. The molecule has 0 radical (unpaired) electrons. The number of nitrogens with zero attached hydrogens (tertiary/aromatic N) is 4. The van der Waals surface area contributed by atoms with E-state index in [0.29, 0.717) is 19.0 Å². The van der Waals surface area contributed by atoms with Gasteiger partial charge in [0.2, 0.25) is 5.82 Å². The minimum Gasteiger partial charge on any atom is -0.348 e. The summed E-state index contributed by atoms with van der Waals surface area (Å²) in [6, 6.07) is 3.39. The zero-order valence-corrected chi connectivity index (χ0v) is 11.3. The molecule has 0 spiro atoms. The Morgan fingerprint density at radius 2 is 2.40 bits per heavy atom. The quantitative estimate of drug-likeness (QED) is 0.660. The lowest BCUT2D eigenvalue weighted by atomic mass is 9.93. The number of anilines is 1. The fourth-order valence-electron chi connectivity index (χ4n) is 2.59. The molecule has 2 N–H and O–H groups in total. The van der Waals surface area contributed by atoms with E-state index in [2.05, 4.69) is 4.98 Å². The Labute approximate surface area is 117 Å². The third-order valence-corrected chi connectivity index (χ3v) is 3.79. The predicted molar refractivity (Wildman–Crippen MR) is 74.2 cm³/mol. The van der Waals surface area contributed by atoms with Gasteiger partial charge < -0.3 is 10.6 Å². The number of hydrogen-bond donors (Lipinski definition) is 1. The smallest absolute Gasteiger partial charge is 0.329 e. The molecule has 0 amide bonds. The molecule has 1 fully saturated rings. The Bertz CT molecular complexity index is 554. The molecule has 2 atom stereocenters. The molecule has 1 aromatic heterocycles. The SMILES string of the molecule is CC1CCC(CN)CN1c1nccc(C#N)c1[N+](=O)[O-]. The van der Waals surface area contributed by atoms with E-state index >= 15 is 0 Å². The summed E-state index contributed by atoms with van der Waals surface area (Å²) in [6.45, 7) is 3.20. The topological polar surface area (TPSA) is 109 Å². The van der Waals surface area contributed by atoms with Crippen LogP contribution in [0.5, 0.6) is 0 Å². The predicted octanol–water partition coefficient (Wildman–Crippen LogP) is 1.43. The summed E-state index contributed by atoms with van der Waals surface area (Å²) in [5, 5.41) is 20.3. The highest BCUT2D eigenvalue weighted by Gasteiger charge is 2.32. The third-order valence-electron chi connectivity index (χ3n) is 3.79. The molecule has 0 bridgehead atoms. The van der Waals surface area contributed by atoms with E-state index in [9.17, 15) is 10.1 Å². The van der Waals surface area contributed by atoms with Crippen LogP contribution in [0.3, 0.4) is 0 Å². The van der Waals surface area contributed by atoms with Crippen molar-refractivity contribution in [3.05, 3.63) is 27.9 Å². The molecule has 1 aromatic rings. The van der Waals surface area contributed by atoms with Crippen molar-refractivity contribution in [2.24, 2.45) is 11.7 Å². The number of piperidine rings is 1. The largest absolute Gasteiger partial charge is 0.348 e. The molecule has 0 saturated carbocycles. The van der Waals surface area contributed by atoms with E-state index in [1.807, 2.05) is 17.9 Å². The first-order valence-electron chi connectivity index (χ1n) is 6.58. The first-order chi connectivity index (χ1) is 9.58. The molecule has 7 heteroatoms. The van der Waals surface area contributed by atoms with Gasteiger partial charge in [-0.15, -0.1) is 0 Å². The molecule has 1 aliphatic heterocycles. The summed E-state index contributed by atoms with van der Waals surface area (Å²) in [7, 11) is 0. The van der Waals surface area contributed by atoms with Crippen molar-refractivity contribution >= 4 is 11.5 Å². The molecular formula is C13H17N5O2. The minimum atomic E-state index is -0.528. The number of nitriles is 1. The molecule has 2 rings (SSSR count). The van der Waals surface area contributed by atoms with E-state index in [1.165, 1.54) is 12.3 Å². The van der Waals surface area contributed by atoms with Crippen LogP contribution in [0, 0.1) is 27.4 Å². The van der Waals surface area contributed by atoms with Crippen molar-refractivity contribution in [3.63, 3.8) is 0 Å². The van der Waals surface area contributed by atoms with Crippen LogP contribution >= 0.6 is 0 Å². The monoisotopic (exact) mass is 275 g/mol. The van der Waals surface area contributed by atoms with Gasteiger partial charge >= 0.3 is 5.69 Å². The zero-order valence-electron chi connectivity index (χ0n) is 11.3. The second-order valence-electron chi connectivity index (χ2n) is 5.08. The minimum absolute atomic E-state index is 0.0436. The summed E-state index contributed by atoms with van der Waals surface area (Å²) in [4.78, 5) is 16.8. The molecule has 1 aliphatic rings. The molecule has 0 aromatic carbocycles. The van der Waals surface area contributed by atoms with Gasteiger partial charge in [0, 0.05) is 18.8 Å². The standard InChI is InChI=1S/C13H17N5O2/c1-9-2-3-10(6-14)8-17(9)13-12(18(19)20)11(7-15)4-5-16-13/h4-5,9-10H,2-3,6,8,14H2,1H3. The maximum atomic E-state index is 11.3. The number of nitrogens with two attached hydrogens (primary N) is 1. The second kappa shape index (κ2) is 5.84. The van der Waals surface area contributed by atoms with Crippen molar-refractivity contribution in [2.45, 2.75) is 25.8 Å². The van der Waals surface area contributed by atoms with Gasteiger partial charge in [-0.25, -0.2) is 4.98 Å². The average molecular weight is 275 g/mol. The van der Waals surface area contributed by atoms with Gasteiger partial charge in [0.15, 0.2) is 0 Å². The van der Waals surface area contributed by atoms with Crippen LogP contribution in [-0.4, -0.2) is 29.0 Å². The van der Waals surface area contributed by atoms with E-state index in [0.717, 1.165) is 12.8 Å². The molecule has 0 aliphatic carbocycles. The lowest BCUT2D eigenvalue weighted by Crippen LogP contribution is -2.44. The number of rotatable bonds is 3. The summed E-state index contributed by atoms with van der Waals surface area (Å²) in [5.74, 6) is 0.582. The first kappa shape index (κ1) is 14.2. The van der Waals surface area contributed by atoms with Crippen LogP contribution < -0.4 is 10.6 Å². The number of nitro groups is 1. The maximum Gasteiger partial charge on any atom is 0.329 e. The van der Waals surface area contributed by atoms with E-state index < -0.39 is 4.92 Å². The first-order valence-corrected chi connectivity index (χ1v) is 6.58. The molecule has 106 valence electrons. The van der Waals surface area contributed by atoms with E-state index in [1.54, 1.807) is 0 Å². The number of pyridine rings is 1. The summed E-state index contributed by atoms with van der Waals surface area (Å²) in [6.07, 6.45) is 3.37. The van der Waals surface area contributed by atoms with Crippen molar-refractivity contribution in [1.29, 1.82) is 5.26 Å². The van der Waals surface area contributed by atoms with Crippen LogP contribution in [-0.2, 0) is 0 Å². The fourth-order valence-corrected chi connectivity index (χ4v) is 2.59. The van der Waals surface area contributed by atoms with Gasteiger partial charge in [0.1, 0.15) is 11.6 Å². The molecule has 2 unspecified atom stereocenters. The summed E-state index contributed by atoms with van der Waals surface area (Å²) in [5.41, 5.74) is 5.54. The highest BCUT2D eigenvalue weighted by Crippen LogP contribution is 2.34. The Balaban J connectivity index is 2.46. The number of hydrogen-bond acceptors (Lipinski definition) is 6. The Hall–Kier alpha value is -2.20. The molecule has 20 heavy (non-hydrogen) atoms. The third kappa shape index (κ3) is 2.56. The highest BCUT2D eigenvalue weighted by molar-refractivity contribution is 5.66. The van der Waals surface area contributed by atoms with Crippen LogP contribution in [0.1, 0.15) is 25.3 Å². The van der Waals surface area contributed by atoms with Gasteiger partial charge in [0.05, 0.1) is 4.92 Å². The van der Waals surface area contributed by atoms with Crippen molar-refractivity contribution in [3.8, 4) is 6.07 Å². The van der Waals surface area contributed by atoms with Crippen LogP contribution in [0.15, 0.2) is 12.3 Å². The van der Waals surface area contributed by atoms with Crippen LogP contribution in [0.2, 0.25) is 0 Å². The Kier molecular flexibility index (Phi) is 4.15. The van der Waals surface area contributed by atoms with Crippen molar-refractivity contribution < 1.29 is 4.92 Å². The van der Waals surface area contributed by atoms with Crippen LogP contribution in [0.25, 0.3) is 0 Å². The van der Waals surface area contributed by atoms with Gasteiger partial charge in [0.25, 0.3) is 0 Å². The Morgan fingerprint density at radius 3 is 3.00 bits per heavy atom. The summed E-state index contributed by atoms with van der Waals surface area (Å²) < 4.78 is 0. The van der Waals surface area contributed by atoms with Gasteiger partial charge in [-0.1, -0.05) is 0 Å². The lowest BCUT2D eigenvalue weighted by molar-refractivity contribution is -0.384. The lowest BCUT2D eigenvalue weighted by Gasteiger charge is -2.38. The van der Waals surface area contributed by atoms with E-state index in [-0.39, 0.29) is 23.1 Å². The van der Waals surface area contributed by atoms with Crippen LogP contribution in [0.4, 0.5) is 11.5 Å². The molecule has 7 nitrogen and oxygen atoms in total. The molecular weight excluding hydrogens is 258 g/mol.